The zero-order valence-electron chi connectivity index (χ0n) is 13.7. The fraction of sp³-hybridized carbons (Fsp3) is 0.158. The van der Waals surface area contributed by atoms with Crippen LogP contribution in [0.15, 0.2) is 65.2 Å². The van der Waals surface area contributed by atoms with Crippen LogP contribution in [0.25, 0.3) is 5.70 Å². The monoisotopic (exact) mass is 339 g/mol. The van der Waals surface area contributed by atoms with E-state index in [1.165, 1.54) is 12.1 Å². The van der Waals surface area contributed by atoms with Crippen LogP contribution in [0.1, 0.15) is 24.1 Å². The first-order chi connectivity index (χ1) is 12.1. The predicted octanol–water partition coefficient (Wildman–Crippen LogP) is 2.76. The first-order valence-electron chi connectivity index (χ1n) is 7.92. The van der Waals surface area contributed by atoms with Crippen LogP contribution in [-0.2, 0) is 9.53 Å². The van der Waals surface area contributed by atoms with Gasteiger partial charge in [0.2, 0.25) is 0 Å². The number of ether oxygens (including phenoxy) is 1. The Morgan fingerprint density at radius 1 is 1.24 bits per heavy atom. The molecular formula is C19H18FN3O2. The molecule has 2 aromatic rings. The summed E-state index contributed by atoms with van der Waals surface area (Å²) in [7, 11) is 0. The van der Waals surface area contributed by atoms with Gasteiger partial charge in [-0.05, 0) is 30.2 Å². The summed E-state index contributed by atoms with van der Waals surface area (Å²) in [6.45, 7) is 1.95. The molecule has 0 saturated carbocycles. The van der Waals surface area contributed by atoms with Gasteiger partial charge in [0.05, 0.1) is 17.9 Å². The van der Waals surface area contributed by atoms with Gasteiger partial charge in [-0.1, -0.05) is 42.5 Å². The lowest BCUT2D eigenvalue weighted by Gasteiger charge is -2.26. The molecule has 0 bridgehead atoms. The molecule has 6 heteroatoms. The van der Waals surface area contributed by atoms with Crippen LogP contribution in [-0.4, -0.2) is 18.5 Å². The van der Waals surface area contributed by atoms with Gasteiger partial charge in [-0.2, -0.15) is 0 Å². The van der Waals surface area contributed by atoms with E-state index in [0.717, 1.165) is 5.56 Å². The van der Waals surface area contributed by atoms with Crippen LogP contribution < -0.4 is 11.1 Å². The van der Waals surface area contributed by atoms with E-state index in [0.29, 0.717) is 16.8 Å². The number of rotatable bonds is 4. The number of guanidine groups is 1. The largest absolute Gasteiger partial charge is 0.463 e. The van der Waals surface area contributed by atoms with Gasteiger partial charge < -0.3 is 15.8 Å². The Hall–Kier alpha value is -3.15. The Morgan fingerprint density at radius 2 is 2.00 bits per heavy atom. The third-order valence-electron chi connectivity index (χ3n) is 3.79. The minimum atomic E-state index is -0.744. The quantitative estimate of drug-likeness (QED) is 0.840. The van der Waals surface area contributed by atoms with Crippen molar-refractivity contribution in [3.63, 3.8) is 0 Å². The van der Waals surface area contributed by atoms with Gasteiger partial charge in [-0.15, -0.1) is 0 Å². The highest BCUT2D eigenvalue weighted by Crippen LogP contribution is 2.34. The predicted molar refractivity (Wildman–Crippen MR) is 93.9 cm³/mol. The van der Waals surface area contributed by atoms with E-state index in [1.807, 2.05) is 30.3 Å². The van der Waals surface area contributed by atoms with Crippen molar-refractivity contribution in [1.82, 2.24) is 5.32 Å². The van der Waals surface area contributed by atoms with Crippen LogP contribution >= 0.6 is 0 Å². The smallest absolute Gasteiger partial charge is 0.338 e. The Bertz CT molecular complexity index is 847. The van der Waals surface area contributed by atoms with Crippen molar-refractivity contribution in [1.29, 1.82) is 0 Å². The Morgan fingerprint density at radius 3 is 2.68 bits per heavy atom. The summed E-state index contributed by atoms with van der Waals surface area (Å²) in [5, 5.41) is 2.95. The zero-order chi connectivity index (χ0) is 17.8. The average Bonchev–Trinajstić information content (AvgIpc) is 2.62. The first kappa shape index (κ1) is 16.7. The van der Waals surface area contributed by atoms with Crippen molar-refractivity contribution in [2.24, 2.45) is 10.7 Å². The number of nitrogens with one attached hydrogen (secondary N) is 1. The summed E-state index contributed by atoms with van der Waals surface area (Å²) < 4.78 is 18.9. The second-order valence-corrected chi connectivity index (χ2v) is 5.47. The minimum absolute atomic E-state index is 0.154. The van der Waals surface area contributed by atoms with Crippen LogP contribution in [0.2, 0.25) is 0 Å². The Labute approximate surface area is 145 Å². The number of benzene rings is 2. The Kier molecular flexibility index (Phi) is 4.79. The molecule has 5 nitrogen and oxygen atoms in total. The lowest BCUT2D eigenvalue weighted by atomic mass is 9.93. The maximum atomic E-state index is 13.7. The molecule has 3 rings (SSSR count). The molecule has 1 heterocycles. The molecule has 1 atom stereocenters. The van der Waals surface area contributed by atoms with Crippen molar-refractivity contribution in [2.75, 3.05) is 6.61 Å². The number of halogens is 1. The van der Waals surface area contributed by atoms with E-state index in [9.17, 15) is 9.18 Å². The topological polar surface area (TPSA) is 76.7 Å². The summed E-state index contributed by atoms with van der Waals surface area (Å²) in [5.74, 6) is -0.769. The standard InChI is InChI=1S/C19H18FN3O2/c1-2-25-18(24)15-16(12-7-4-3-5-8-12)22-19(21)23-17(15)13-9-6-10-14(20)11-13/h3-11,17H,2H2,1H3,(H3,21,22,23). The van der Waals surface area contributed by atoms with Crippen molar-refractivity contribution < 1.29 is 13.9 Å². The summed E-state index contributed by atoms with van der Waals surface area (Å²) >= 11 is 0. The number of hydrogen-bond donors (Lipinski definition) is 2. The van der Waals surface area contributed by atoms with E-state index in [-0.39, 0.29) is 12.6 Å². The SMILES string of the molecule is CCOC(=O)C1=C(c2ccccc2)NC(N)=NC1c1cccc(F)c1. The Balaban J connectivity index is 2.18. The van der Waals surface area contributed by atoms with Crippen molar-refractivity contribution in [3.8, 4) is 0 Å². The average molecular weight is 339 g/mol. The van der Waals surface area contributed by atoms with Gasteiger partial charge >= 0.3 is 5.97 Å². The number of nitrogens with zero attached hydrogens (tertiary/aromatic N) is 1. The van der Waals surface area contributed by atoms with Gasteiger partial charge in [0.25, 0.3) is 0 Å². The number of esters is 1. The minimum Gasteiger partial charge on any atom is -0.463 e. The van der Waals surface area contributed by atoms with Gasteiger partial charge in [0.1, 0.15) is 11.9 Å². The maximum absolute atomic E-state index is 13.7. The molecular weight excluding hydrogens is 321 g/mol. The van der Waals surface area contributed by atoms with E-state index < -0.39 is 17.8 Å². The van der Waals surface area contributed by atoms with Crippen LogP contribution in [0.5, 0.6) is 0 Å². The lowest BCUT2D eigenvalue weighted by Crippen LogP contribution is -2.37. The highest BCUT2D eigenvalue weighted by atomic mass is 19.1. The molecule has 0 aliphatic carbocycles. The summed E-state index contributed by atoms with van der Waals surface area (Å²) in [6.07, 6.45) is 0. The number of carbonyl (C=O) groups excluding carboxylic acids is 1. The van der Waals surface area contributed by atoms with Gasteiger partial charge in [0.15, 0.2) is 5.96 Å². The molecule has 0 amide bonds. The normalized spacial score (nSPS) is 16.9. The molecule has 0 aromatic heterocycles. The second-order valence-electron chi connectivity index (χ2n) is 5.47. The number of nitrogens with two attached hydrogens (primary N) is 1. The molecule has 3 N–H and O–H groups in total. The lowest BCUT2D eigenvalue weighted by molar-refractivity contribution is -0.138. The highest BCUT2D eigenvalue weighted by Gasteiger charge is 2.32. The maximum Gasteiger partial charge on any atom is 0.338 e. The summed E-state index contributed by atoms with van der Waals surface area (Å²) in [6, 6.07) is 14.5. The molecule has 1 aliphatic heterocycles. The third kappa shape index (κ3) is 3.52. The third-order valence-corrected chi connectivity index (χ3v) is 3.79. The van der Waals surface area contributed by atoms with Gasteiger partial charge in [0, 0.05) is 0 Å². The number of aliphatic imine (C=N–C) groups is 1. The second kappa shape index (κ2) is 7.17. The molecule has 2 aromatic carbocycles. The van der Waals surface area contributed by atoms with E-state index >= 15 is 0 Å². The molecule has 0 spiro atoms. The van der Waals surface area contributed by atoms with Gasteiger partial charge in [-0.25, -0.2) is 14.2 Å². The summed E-state index contributed by atoms with van der Waals surface area (Å²) in [5.41, 5.74) is 8.03. The summed E-state index contributed by atoms with van der Waals surface area (Å²) in [4.78, 5) is 16.9. The van der Waals surface area contributed by atoms with Gasteiger partial charge in [-0.3, -0.25) is 0 Å². The molecule has 1 aliphatic rings. The van der Waals surface area contributed by atoms with E-state index in [1.54, 1.807) is 19.1 Å². The number of carbonyl (C=O) groups is 1. The van der Waals surface area contributed by atoms with E-state index in [4.69, 9.17) is 10.5 Å². The molecule has 0 fully saturated rings. The van der Waals surface area contributed by atoms with Crippen LogP contribution in [0, 0.1) is 5.82 Å². The molecule has 0 saturated heterocycles. The number of hydrogen-bond acceptors (Lipinski definition) is 5. The fourth-order valence-corrected chi connectivity index (χ4v) is 2.74. The van der Waals surface area contributed by atoms with Crippen molar-refractivity contribution in [2.45, 2.75) is 13.0 Å². The molecule has 25 heavy (non-hydrogen) atoms. The zero-order valence-corrected chi connectivity index (χ0v) is 13.7. The highest BCUT2D eigenvalue weighted by molar-refractivity contribution is 6.04. The molecule has 0 radical (unpaired) electrons. The first-order valence-corrected chi connectivity index (χ1v) is 7.92. The molecule has 128 valence electrons. The van der Waals surface area contributed by atoms with E-state index in [2.05, 4.69) is 10.3 Å². The van der Waals surface area contributed by atoms with Crippen LogP contribution in [0.4, 0.5) is 4.39 Å². The van der Waals surface area contributed by atoms with Crippen molar-refractivity contribution in [3.05, 3.63) is 77.1 Å². The molecule has 1 unspecified atom stereocenters. The fourth-order valence-electron chi connectivity index (χ4n) is 2.74. The van der Waals surface area contributed by atoms with Crippen LogP contribution in [0.3, 0.4) is 0 Å². The van der Waals surface area contributed by atoms with Crippen molar-refractivity contribution >= 4 is 17.6 Å².